The lowest BCUT2D eigenvalue weighted by atomic mass is 9.98. The number of hydrogen-bond acceptors (Lipinski definition) is 14. The fourth-order valence-electron chi connectivity index (χ4n) is 4.09. The second-order valence-electron chi connectivity index (χ2n) is 8.60. The summed E-state index contributed by atoms with van der Waals surface area (Å²) >= 11 is 0. The number of rotatable bonds is 6. The SMILES string of the molecule is COC(=O)OC1=c2cccc(OC3OC(COC4OC(C)C(O)C(O)C4O)C(O)C(O)C3O)c2=NC1. The average Bonchev–Trinajstić information content (AvgIpc) is 3.28. The molecule has 14 heteroatoms. The number of benzene rings is 1. The van der Waals surface area contributed by atoms with Gasteiger partial charge in [-0.2, -0.15) is 0 Å². The van der Waals surface area contributed by atoms with Crippen molar-refractivity contribution in [3.63, 3.8) is 0 Å². The molecule has 2 fully saturated rings. The van der Waals surface area contributed by atoms with E-state index in [-0.39, 0.29) is 18.1 Å². The van der Waals surface area contributed by atoms with E-state index >= 15 is 0 Å². The predicted octanol–water partition coefficient (Wildman–Crippen LogP) is -3.76. The van der Waals surface area contributed by atoms with Gasteiger partial charge in [0.25, 0.3) is 0 Å². The third kappa shape index (κ3) is 5.18. The largest absolute Gasteiger partial charge is 0.513 e. The van der Waals surface area contributed by atoms with Crippen LogP contribution in [-0.4, -0.2) is 118 Å². The summed E-state index contributed by atoms with van der Waals surface area (Å²) in [6.45, 7) is 1.10. The molecule has 10 atom stereocenters. The van der Waals surface area contributed by atoms with Crippen molar-refractivity contribution in [1.82, 2.24) is 0 Å². The zero-order chi connectivity index (χ0) is 26.1. The van der Waals surface area contributed by atoms with E-state index in [2.05, 4.69) is 9.73 Å². The van der Waals surface area contributed by atoms with Crippen LogP contribution in [0.5, 0.6) is 5.75 Å². The highest BCUT2D eigenvalue weighted by Gasteiger charge is 2.47. The molecule has 0 aromatic heterocycles. The van der Waals surface area contributed by atoms with Crippen LogP contribution in [0.15, 0.2) is 23.2 Å². The number of methoxy groups -OCH3 is 1. The summed E-state index contributed by atoms with van der Waals surface area (Å²) in [6, 6.07) is 4.77. The number of carbonyl (C=O) groups is 1. The van der Waals surface area contributed by atoms with E-state index in [1.54, 1.807) is 12.1 Å². The molecule has 0 radical (unpaired) electrons. The highest BCUT2D eigenvalue weighted by atomic mass is 16.7. The minimum absolute atomic E-state index is 0.0410. The highest BCUT2D eigenvalue weighted by Crippen LogP contribution is 2.26. The molecule has 4 rings (SSSR count). The van der Waals surface area contributed by atoms with Crippen LogP contribution < -0.4 is 15.3 Å². The molecule has 3 heterocycles. The number of hydrogen-bond donors (Lipinski definition) is 6. The number of fused-ring (bicyclic) bond motifs is 1. The fraction of sp³-hybridized carbons (Fsp3) is 0.636. The van der Waals surface area contributed by atoms with Gasteiger partial charge in [-0.15, -0.1) is 0 Å². The second kappa shape index (κ2) is 10.9. The zero-order valence-electron chi connectivity index (χ0n) is 19.4. The van der Waals surface area contributed by atoms with Crippen molar-refractivity contribution in [1.29, 1.82) is 0 Å². The smallest absolute Gasteiger partial charge is 0.460 e. The van der Waals surface area contributed by atoms with E-state index in [0.29, 0.717) is 10.6 Å². The van der Waals surface area contributed by atoms with Crippen LogP contribution in [0, 0.1) is 0 Å². The monoisotopic (exact) mass is 515 g/mol. The maximum absolute atomic E-state index is 11.5. The molecule has 1 aromatic carbocycles. The molecule has 0 amide bonds. The Morgan fingerprint density at radius 2 is 1.67 bits per heavy atom. The van der Waals surface area contributed by atoms with Gasteiger partial charge in [0.1, 0.15) is 59.6 Å². The van der Waals surface area contributed by atoms with Crippen molar-refractivity contribution >= 4 is 11.9 Å². The normalized spacial score (nSPS) is 38.2. The van der Waals surface area contributed by atoms with Crippen LogP contribution in [0.1, 0.15) is 6.92 Å². The second-order valence-corrected chi connectivity index (χ2v) is 8.60. The molecule has 6 N–H and O–H groups in total. The van der Waals surface area contributed by atoms with Gasteiger partial charge in [0.05, 0.1) is 26.4 Å². The van der Waals surface area contributed by atoms with Crippen LogP contribution in [0.3, 0.4) is 0 Å². The lowest BCUT2D eigenvalue weighted by Gasteiger charge is -2.42. The van der Waals surface area contributed by atoms with Gasteiger partial charge in [-0.25, -0.2) is 4.79 Å². The summed E-state index contributed by atoms with van der Waals surface area (Å²) in [7, 11) is 1.17. The van der Waals surface area contributed by atoms with Crippen molar-refractivity contribution in [2.24, 2.45) is 4.99 Å². The number of aliphatic hydroxyl groups is 6. The number of carbonyl (C=O) groups excluding carboxylic acids is 1. The van der Waals surface area contributed by atoms with Crippen LogP contribution in [0.4, 0.5) is 4.79 Å². The number of aliphatic hydroxyl groups excluding tert-OH is 6. The van der Waals surface area contributed by atoms with E-state index in [4.69, 9.17) is 23.7 Å². The van der Waals surface area contributed by atoms with Crippen LogP contribution in [0.25, 0.3) is 5.76 Å². The summed E-state index contributed by atoms with van der Waals surface area (Å²) in [4.78, 5) is 15.7. The first-order chi connectivity index (χ1) is 17.1. The number of nitrogens with zero attached hydrogens (tertiary/aromatic N) is 1. The molecular weight excluding hydrogens is 486 g/mol. The van der Waals surface area contributed by atoms with Crippen LogP contribution >= 0.6 is 0 Å². The van der Waals surface area contributed by atoms with Gasteiger partial charge in [-0.1, -0.05) is 6.07 Å². The summed E-state index contributed by atoms with van der Waals surface area (Å²) in [5, 5.41) is 61.8. The first-order valence-electron chi connectivity index (χ1n) is 11.2. The Hall–Kier alpha value is -2.40. The maximum Gasteiger partial charge on any atom is 0.513 e. The summed E-state index contributed by atoms with van der Waals surface area (Å²) < 4.78 is 31.8. The standard InChI is InChI=1S/C22H29NO13/c1-8-14(24)16(26)18(28)20(33-8)32-7-12-15(25)17(27)19(29)21(35-12)34-10-5-3-4-9-11(6-23-13(9)10)36-22(30)31-2/h3-5,8,12,14-21,24-29H,6-7H2,1-2H3. The average molecular weight is 515 g/mol. The van der Waals surface area contributed by atoms with Gasteiger partial charge in [0, 0.05) is 5.22 Å². The molecule has 0 bridgehead atoms. The Bertz CT molecular complexity index is 1070. The van der Waals surface area contributed by atoms with Crippen molar-refractivity contribution in [3.8, 4) is 5.75 Å². The zero-order valence-corrected chi connectivity index (χ0v) is 19.4. The summed E-state index contributed by atoms with van der Waals surface area (Å²) in [6.07, 6.45) is -15.1. The lowest BCUT2D eigenvalue weighted by molar-refractivity contribution is -0.318. The molecule has 3 aliphatic heterocycles. The number of para-hydroxylation sites is 1. The molecule has 0 aliphatic carbocycles. The first kappa shape index (κ1) is 26.7. The maximum atomic E-state index is 11.5. The Balaban J connectivity index is 1.47. The Morgan fingerprint density at radius 1 is 0.972 bits per heavy atom. The van der Waals surface area contributed by atoms with Crippen molar-refractivity contribution in [2.75, 3.05) is 20.3 Å². The van der Waals surface area contributed by atoms with Gasteiger partial charge >= 0.3 is 6.16 Å². The van der Waals surface area contributed by atoms with Crippen molar-refractivity contribution in [2.45, 2.75) is 68.3 Å². The van der Waals surface area contributed by atoms with Crippen LogP contribution in [-0.2, 0) is 23.7 Å². The Kier molecular flexibility index (Phi) is 8.09. The van der Waals surface area contributed by atoms with E-state index < -0.39 is 74.2 Å². The highest BCUT2D eigenvalue weighted by molar-refractivity contribution is 5.67. The molecule has 14 nitrogen and oxygen atoms in total. The number of ether oxygens (including phenoxy) is 6. The molecule has 200 valence electrons. The molecule has 0 saturated carbocycles. The molecule has 2 saturated heterocycles. The minimum atomic E-state index is -1.68. The molecular formula is C22H29NO13. The molecule has 10 unspecified atom stereocenters. The van der Waals surface area contributed by atoms with Gasteiger partial charge in [0.15, 0.2) is 6.29 Å². The molecule has 0 spiro atoms. The van der Waals surface area contributed by atoms with Gasteiger partial charge in [0.2, 0.25) is 6.29 Å². The van der Waals surface area contributed by atoms with E-state index in [1.165, 1.54) is 20.1 Å². The lowest BCUT2D eigenvalue weighted by Crippen LogP contribution is -2.61. The molecule has 1 aromatic rings. The van der Waals surface area contributed by atoms with Gasteiger partial charge < -0.3 is 59.1 Å². The minimum Gasteiger partial charge on any atom is -0.460 e. The quantitative estimate of drug-likeness (QED) is 0.202. The first-order valence-corrected chi connectivity index (χ1v) is 11.2. The topological polar surface area (TPSA) is 206 Å². The van der Waals surface area contributed by atoms with E-state index in [0.717, 1.165) is 0 Å². The Labute approximate surface area is 204 Å². The Morgan fingerprint density at radius 3 is 2.39 bits per heavy atom. The van der Waals surface area contributed by atoms with Gasteiger partial charge in [-0.3, -0.25) is 4.99 Å². The van der Waals surface area contributed by atoms with Crippen molar-refractivity contribution < 1.29 is 63.9 Å². The third-order valence-corrected chi connectivity index (χ3v) is 6.20. The van der Waals surface area contributed by atoms with Crippen LogP contribution in [0.2, 0.25) is 0 Å². The van der Waals surface area contributed by atoms with Gasteiger partial charge in [-0.05, 0) is 19.1 Å². The third-order valence-electron chi connectivity index (χ3n) is 6.20. The van der Waals surface area contributed by atoms with Crippen molar-refractivity contribution in [3.05, 3.63) is 28.8 Å². The molecule has 36 heavy (non-hydrogen) atoms. The summed E-state index contributed by atoms with van der Waals surface area (Å²) in [5.41, 5.74) is 0. The predicted molar refractivity (Wildman–Crippen MR) is 115 cm³/mol. The summed E-state index contributed by atoms with van der Waals surface area (Å²) in [5.74, 6) is 0.391. The van der Waals surface area contributed by atoms with E-state index in [9.17, 15) is 35.4 Å². The molecule has 3 aliphatic rings. The van der Waals surface area contributed by atoms with E-state index in [1.807, 2.05) is 0 Å². The fourth-order valence-corrected chi connectivity index (χ4v) is 4.09.